The second-order valence-electron chi connectivity index (χ2n) is 4.08. The molecule has 96 valence electrons. The lowest BCUT2D eigenvalue weighted by Crippen LogP contribution is -2.28. The number of terminal acetylenes is 1. The molecule has 0 fully saturated rings. The van der Waals surface area contributed by atoms with Crippen molar-refractivity contribution in [1.82, 2.24) is 0 Å². The Morgan fingerprint density at radius 2 is 2.06 bits per heavy atom. The zero-order chi connectivity index (χ0) is 13.2. The molecule has 2 heteroatoms. The summed E-state index contributed by atoms with van der Waals surface area (Å²) in [5, 5.41) is 0. The Kier molecular flexibility index (Phi) is 6.86. The molecule has 2 atom stereocenters. The quantitative estimate of drug-likeness (QED) is 0.516. The summed E-state index contributed by atoms with van der Waals surface area (Å²) in [6.45, 7) is 6.60. The molecule has 2 nitrogen and oxygen atoms in total. The standard InChI is InChI=1S/C16H20O2/c1-4-9-16(17-12-5-2)14(3)18-13-15-10-7-6-8-11-15/h2,4,6-8,10-11,14,16H,1,9,12-13H2,3H3/t14-,16-/m0/s1. The SMILES string of the molecule is C#CCO[C@@H](CC=C)[C@H](C)OCc1ccccc1. The van der Waals surface area contributed by atoms with Crippen molar-refractivity contribution < 1.29 is 9.47 Å². The van der Waals surface area contributed by atoms with Crippen molar-refractivity contribution in [2.24, 2.45) is 0 Å². The smallest absolute Gasteiger partial charge is 0.107 e. The molecule has 18 heavy (non-hydrogen) atoms. The van der Waals surface area contributed by atoms with E-state index in [1.165, 1.54) is 0 Å². The second-order valence-corrected chi connectivity index (χ2v) is 4.08. The van der Waals surface area contributed by atoms with Gasteiger partial charge >= 0.3 is 0 Å². The molecule has 0 radical (unpaired) electrons. The first-order chi connectivity index (χ1) is 8.77. The molecule has 1 aromatic rings. The van der Waals surface area contributed by atoms with E-state index in [-0.39, 0.29) is 12.2 Å². The van der Waals surface area contributed by atoms with Gasteiger partial charge in [0.1, 0.15) is 6.61 Å². The molecule has 1 aromatic carbocycles. The molecule has 0 aliphatic carbocycles. The van der Waals surface area contributed by atoms with Gasteiger partial charge < -0.3 is 9.47 Å². The van der Waals surface area contributed by atoms with Gasteiger partial charge in [0.05, 0.1) is 18.8 Å². The van der Waals surface area contributed by atoms with E-state index in [4.69, 9.17) is 15.9 Å². The molecule has 0 aliphatic heterocycles. The maximum absolute atomic E-state index is 5.80. The van der Waals surface area contributed by atoms with Gasteiger partial charge in [-0.05, 0) is 18.9 Å². The highest BCUT2D eigenvalue weighted by atomic mass is 16.5. The summed E-state index contributed by atoms with van der Waals surface area (Å²) in [6, 6.07) is 10.1. The van der Waals surface area contributed by atoms with Crippen LogP contribution in [0.4, 0.5) is 0 Å². The van der Waals surface area contributed by atoms with Crippen LogP contribution in [0.2, 0.25) is 0 Å². The van der Waals surface area contributed by atoms with E-state index in [9.17, 15) is 0 Å². The Labute approximate surface area is 110 Å². The van der Waals surface area contributed by atoms with Gasteiger partial charge in [-0.2, -0.15) is 0 Å². The number of ether oxygens (including phenoxy) is 2. The van der Waals surface area contributed by atoms with Crippen LogP contribution in [-0.4, -0.2) is 18.8 Å². The molecule has 0 aliphatic rings. The first-order valence-electron chi connectivity index (χ1n) is 6.09. The van der Waals surface area contributed by atoms with Crippen LogP contribution in [0.3, 0.4) is 0 Å². The van der Waals surface area contributed by atoms with Gasteiger partial charge in [-0.15, -0.1) is 13.0 Å². The lowest BCUT2D eigenvalue weighted by Gasteiger charge is -2.22. The summed E-state index contributed by atoms with van der Waals surface area (Å²) in [7, 11) is 0. The minimum atomic E-state index is -0.0396. The average Bonchev–Trinajstić information content (AvgIpc) is 2.42. The van der Waals surface area contributed by atoms with Gasteiger partial charge in [0.25, 0.3) is 0 Å². The molecule has 1 rings (SSSR count). The fraction of sp³-hybridized carbons (Fsp3) is 0.375. The Hall–Kier alpha value is -1.56. The van der Waals surface area contributed by atoms with Crippen molar-refractivity contribution in [2.75, 3.05) is 6.61 Å². The lowest BCUT2D eigenvalue weighted by atomic mass is 10.1. The van der Waals surface area contributed by atoms with Crippen LogP contribution in [0.5, 0.6) is 0 Å². The first kappa shape index (κ1) is 14.5. The fourth-order valence-electron chi connectivity index (χ4n) is 1.62. The predicted molar refractivity (Wildman–Crippen MR) is 74.1 cm³/mol. The fourth-order valence-corrected chi connectivity index (χ4v) is 1.62. The Bertz CT molecular complexity index is 378. The van der Waals surface area contributed by atoms with E-state index in [0.717, 1.165) is 12.0 Å². The predicted octanol–water partition coefficient (Wildman–Crippen LogP) is 3.19. The largest absolute Gasteiger partial charge is 0.371 e. The van der Waals surface area contributed by atoms with Crippen molar-refractivity contribution in [1.29, 1.82) is 0 Å². The van der Waals surface area contributed by atoms with Crippen molar-refractivity contribution in [3.05, 3.63) is 48.6 Å². The molecule has 0 heterocycles. The van der Waals surface area contributed by atoms with Gasteiger partial charge in [-0.25, -0.2) is 0 Å². The third-order valence-corrected chi connectivity index (χ3v) is 2.66. The molecular formula is C16H20O2. The van der Waals surface area contributed by atoms with E-state index in [1.807, 2.05) is 43.3 Å². The molecule has 0 unspecified atom stereocenters. The number of benzene rings is 1. The molecular weight excluding hydrogens is 224 g/mol. The number of rotatable bonds is 8. The first-order valence-corrected chi connectivity index (χ1v) is 6.09. The van der Waals surface area contributed by atoms with E-state index >= 15 is 0 Å². The van der Waals surface area contributed by atoms with Gasteiger partial charge in [0.2, 0.25) is 0 Å². The van der Waals surface area contributed by atoms with Crippen LogP contribution in [0, 0.1) is 12.3 Å². The van der Waals surface area contributed by atoms with Crippen molar-refractivity contribution in [3.63, 3.8) is 0 Å². The van der Waals surface area contributed by atoms with Crippen LogP contribution in [0.25, 0.3) is 0 Å². The monoisotopic (exact) mass is 244 g/mol. The molecule has 0 saturated carbocycles. The van der Waals surface area contributed by atoms with Gasteiger partial charge in [-0.1, -0.05) is 42.3 Å². The Morgan fingerprint density at radius 3 is 2.67 bits per heavy atom. The van der Waals surface area contributed by atoms with Gasteiger partial charge in [0.15, 0.2) is 0 Å². The van der Waals surface area contributed by atoms with E-state index in [0.29, 0.717) is 13.2 Å². The third-order valence-electron chi connectivity index (χ3n) is 2.66. The maximum atomic E-state index is 5.80. The summed E-state index contributed by atoms with van der Waals surface area (Å²) < 4.78 is 11.3. The summed E-state index contributed by atoms with van der Waals surface area (Å²) in [5.74, 6) is 2.47. The van der Waals surface area contributed by atoms with Crippen molar-refractivity contribution in [3.8, 4) is 12.3 Å². The summed E-state index contributed by atoms with van der Waals surface area (Å²) >= 11 is 0. The zero-order valence-corrected chi connectivity index (χ0v) is 10.8. The topological polar surface area (TPSA) is 18.5 Å². The summed E-state index contributed by atoms with van der Waals surface area (Å²) in [5.41, 5.74) is 1.15. The Balaban J connectivity index is 2.43. The highest BCUT2D eigenvalue weighted by Crippen LogP contribution is 2.11. The molecule has 0 saturated heterocycles. The average molecular weight is 244 g/mol. The van der Waals surface area contributed by atoms with Crippen LogP contribution in [0.15, 0.2) is 43.0 Å². The Morgan fingerprint density at radius 1 is 1.33 bits per heavy atom. The molecule has 0 amide bonds. The highest BCUT2D eigenvalue weighted by Gasteiger charge is 2.16. The third kappa shape index (κ3) is 5.18. The normalized spacial score (nSPS) is 13.6. The minimum Gasteiger partial charge on any atom is -0.371 e. The van der Waals surface area contributed by atoms with E-state index in [1.54, 1.807) is 0 Å². The van der Waals surface area contributed by atoms with E-state index in [2.05, 4.69) is 12.5 Å². The molecule has 0 spiro atoms. The minimum absolute atomic E-state index is 0.0171. The summed E-state index contributed by atoms with van der Waals surface area (Å²) in [4.78, 5) is 0. The van der Waals surface area contributed by atoms with Crippen LogP contribution < -0.4 is 0 Å². The second kappa shape index (κ2) is 8.52. The summed E-state index contributed by atoms with van der Waals surface area (Å²) in [6.07, 6.45) is 7.70. The maximum Gasteiger partial charge on any atom is 0.107 e. The van der Waals surface area contributed by atoms with Gasteiger partial charge in [0, 0.05) is 0 Å². The number of hydrogen-bond acceptors (Lipinski definition) is 2. The van der Waals surface area contributed by atoms with Crippen LogP contribution >= 0.6 is 0 Å². The van der Waals surface area contributed by atoms with Crippen LogP contribution in [0.1, 0.15) is 18.9 Å². The van der Waals surface area contributed by atoms with Crippen molar-refractivity contribution >= 4 is 0 Å². The molecule has 0 bridgehead atoms. The molecule has 0 N–H and O–H groups in total. The highest BCUT2D eigenvalue weighted by molar-refractivity contribution is 5.13. The lowest BCUT2D eigenvalue weighted by molar-refractivity contribution is -0.0608. The van der Waals surface area contributed by atoms with Crippen molar-refractivity contribution in [2.45, 2.75) is 32.2 Å². The number of hydrogen-bond donors (Lipinski definition) is 0. The van der Waals surface area contributed by atoms with Gasteiger partial charge in [-0.3, -0.25) is 0 Å². The molecule has 0 aromatic heterocycles. The van der Waals surface area contributed by atoms with Crippen LogP contribution in [-0.2, 0) is 16.1 Å². The van der Waals surface area contributed by atoms with E-state index < -0.39 is 0 Å². The zero-order valence-electron chi connectivity index (χ0n) is 10.8.